The van der Waals surface area contributed by atoms with E-state index in [4.69, 9.17) is 0 Å². The third-order valence-corrected chi connectivity index (χ3v) is 3.52. The van der Waals surface area contributed by atoms with Crippen LogP contribution in [0.4, 0.5) is 23.7 Å². The summed E-state index contributed by atoms with van der Waals surface area (Å²) in [6.07, 6.45) is -4.34. The second-order valence-electron chi connectivity index (χ2n) is 5.63. The molecule has 2 amide bonds. The normalized spacial score (nSPS) is 16.1. The van der Waals surface area contributed by atoms with Crippen LogP contribution in [-0.2, 0) is 6.18 Å². The Morgan fingerprint density at radius 1 is 1.18 bits per heavy atom. The first-order chi connectivity index (χ1) is 10.3. The number of alkyl halides is 3. The van der Waals surface area contributed by atoms with E-state index >= 15 is 0 Å². The second kappa shape index (κ2) is 6.46. The fourth-order valence-electron chi connectivity index (χ4n) is 2.38. The molecule has 0 aromatic heterocycles. The average Bonchev–Trinajstić information content (AvgIpc) is 2.46. The minimum absolute atomic E-state index is 0.0639. The zero-order valence-electron chi connectivity index (χ0n) is 12.7. The minimum Gasteiger partial charge on any atom is -0.368 e. The van der Waals surface area contributed by atoms with Gasteiger partial charge < -0.3 is 15.1 Å². The molecule has 22 heavy (non-hydrogen) atoms. The van der Waals surface area contributed by atoms with Crippen molar-refractivity contribution in [2.45, 2.75) is 26.1 Å². The lowest BCUT2D eigenvalue weighted by atomic mass is 10.1. The van der Waals surface area contributed by atoms with Gasteiger partial charge in [-0.25, -0.2) is 4.79 Å². The maximum Gasteiger partial charge on any atom is 0.416 e. The molecule has 1 fully saturated rings. The van der Waals surface area contributed by atoms with Crippen molar-refractivity contribution >= 4 is 11.7 Å². The number of anilines is 1. The molecule has 1 aliphatic heterocycles. The highest BCUT2D eigenvalue weighted by atomic mass is 19.4. The highest BCUT2D eigenvalue weighted by Gasteiger charge is 2.31. The van der Waals surface area contributed by atoms with E-state index < -0.39 is 11.7 Å². The van der Waals surface area contributed by atoms with Crippen LogP contribution in [0.15, 0.2) is 24.3 Å². The van der Waals surface area contributed by atoms with Gasteiger partial charge >= 0.3 is 12.2 Å². The topological polar surface area (TPSA) is 35.6 Å². The number of piperazine rings is 1. The van der Waals surface area contributed by atoms with Crippen molar-refractivity contribution in [3.05, 3.63) is 29.8 Å². The van der Waals surface area contributed by atoms with E-state index in [9.17, 15) is 18.0 Å². The lowest BCUT2D eigenvalue weighted by Gasteiger charge is -2.36. The first-order valence-electron chi connectivity index (χ1n) is 7.25. The maximum atomic E-state index is 12.7. The van der Waals surface area contributed by atoms with Crippen molar-refractivity contribution in [3.8, 4) is 0 Å². The molecule has 4 nitrogen and oxygen atoms in total. The smallest absolute Gasteiger partial charge is 0.368 e. The molecule has 7 heteroatoms. The molecule has 1 saturated heterocycles. The second-order valence-corrected chi connectivity index (χ2v) is 5.63. The van der Waals surface area contributed by atoms with Gasteiger partial charge in [0.1, 0.15) is 0 Å². The van der Waals surface area contributed by atoms with E-state index in [0.717, 1.165) is 12.1 Å². The Balaban J connectivity index is 1.99. The van der Waals surface area contributed by atoms with Gasteiger partial charge in [0.05, 0.1) is 5.56 Å². The van der Waals surface area contributed by atoms with Gasteiger partial charge in [0.2, 0.25) is 0 Å². The van der Waals surface area contributed by atoms with Gasteiger partial charge in [-0.1, -0.05) is 6.07 Å². The van der Waals surface area contributed by atoms with E-state index in [1.807, 2.05) is 18.7 Å². The van der Waals surface area contributed by atoms with Crippen LogP contribution in [0.3, 0.4) is 0 Å². The predicted octanol–water partition coefficient (Wildman–Crippen LogP) is 2.95. The van der Waals surface area contributed by atoms with Gasteiger partial charge in [0, 0.05) is 37.9 Å². The van der Waals surface area contributed by atoms with E-state index in [-0.39, 0.29) is 12.1 Å². The van der Waals surface area contributed by atoms with Gasteiger partial charge in [-0.3, -0.25) is 0 Å². The molecule has 2 rings (SSSR count). The van der Waals surface area contributed by atoms with Crippen LogP contribution in [0.5, 0.6) is 0 Å². The molecule has 0 unspecified atom stereocenters. The number of nitrogens with one attached hydrogen (secondary N) is 1. The highest BCUT2D eigenvalue weighted by Crippen LogP contribution is 2.31. The average molecular weight is 315 g/mol. The van der Waals surface area contributed by atoms with Gasteiger partial charge in [-0.05, 0) is 32.0 Å². The van der Waals surface area contributed by atoms with Crippen molar-refractivity contribution in [1.29, 1.82) is 0 Å². The Hall–Kier alpha value is -1.92. The summed E-state index contributed by atoms with van der Waals surface area (Å²) in [5.74, 6) is 0. The summed E-state index contributed by atoms with van der Waals surface area (Å²) in [6, 6.07) is 5.24. The molecule has 0 radical (unpaired) electrons. The Labute approximate surface area is 127 Å². The number of rotatable bonds is 2. The Kier molecular flexibility index (Phi) is 4.83. The number of benzene rings is 1. The van der Waals surface area contributed by atoms with Crippen molar-refractivity contribution in [1.82, 2.24) is 10.2 Å². The quantitative estimate of drug-likeness (QED) is 0.911. The van der Waals surface area contributed by atoms with Crippen molar-refractivity contribution in [3.63, 3.8) is 0 Å². The number of carbonyl (C=O) groups excluding carboxylic acids is 1. The third-order valence-electron chi connectivity index (χ3n) is 3.52. The van der Waals surface area contributed by atoms with Gasteiger partial charge in [-0.15, -0.1) is 0 Å². The van der Waals surface area contributed by atoms with Crippen molar-refractivity contribution in [2.75, 3.05) is 31.1 Å². The first kappa shape index (κ1) is 16.5. The number of halogens is 3. The van der Waals surface area contributed by atoms with E-state index in [1.165, 1.54) is 6.07 Å². The summed E-state index contributed by atoms with van der Waals surface area (Å²) < 4.78 is 38.2. The Morgan fingerprint density at radius 3 is 2.36 bits per heavy atom. The van der Waals surface area contributed by atoms with Crippen LogP contribution in [0.1, 0.15) is 19.4 Å². The number of nitrogens with zero attached hydrogens (tertiary/aromatic N) is 2. The first-order valence-corrected chi connectivity index (χ1v) is 7.25. The molecule has 0 saturated carbocycles. The molecule has 1 aromatic rings. The summed E-state index contributed by atoms with van der Waals surface area (Å²) in [5, 5.41) is 2.82. The van der Waals surface area contributed by atoms with Crippen LogP contribution in [0.25, 0.3) is 0 Å². The molecule has 1 heterocycles. The third kappa shape index (κ3) is 4.05. The SMILES string of the molecule is CC(C)NC(=O)N1CCN(c2cccc(C(F)(F)F)c2)CC1. The molecule has 0 spiro atoms. The molecular weight excluding hydrogens is 295 g/mol. The summed E-state index contributed by atoms with van der Waals surface area (Å²) >= 11 is 0. The largest absolute Gasteiger partial charge is 0.416 e. The summed E-state index contributed by atoms with van der Waals surface area (Å²) in [7, 11) is 0. The predicted molar refractivity (Wildman–Crippen MR) is 78.9 cm³/mol. The van der Waals surface area contributed by atoms with E-state index in [0.29, 0.717) is 31.9 Å². The van der Waals surface area contributed by atoms with Crippen molar-refractivity contribution in [2.24, 2.45) is 0 Å². The van der Waals surface area contributed by atoms with Gasteiger partial charge in [-0.2, -0.15) is 13.2 Å². The zero-order valence-corrected chi connectivity index (χ0v) is 12.7. The summed E-state index contributed by atoms with van der Waals surface area (Å²) in [6.45, 7) is 5.80. The maximum absolute atomic E-state index is 12.7. The number of hydrogen-bond donors (Lipinski definition) is 1. The van der Waals surface area contributed by atoms with Crippen LogP contribution in [0, 0.1) is 0 Å². The Bertz CT molecular complexity index is 523. The van der Waals surface area contributed by atoms with Crippen LogP contribution < -0.4 is 10.2 Å². The van der Waals surface area contributed by atoms with E-state index in [1.54, 1.807) is 11.0 Å². The van der Waals surface area contributed by atoms with Gasteiger partial charge in [0.25, 0.3) is 0 Å². The highest BCUT2D eigenvalue weighted by molar-refractivity contribution is 5.74. The molecule has 0 aliphatic carbocycles. The van der Waals surface area contributed by atoms with Gasteiger partial charge in [0.15, 0.2) is 0 Å². The number of carbonyl (C=O) groups is 1. The minimum atomic E-state index is -4.34. The summed E-state index contributed by atoms with van der Waals surface area (Å²) in [5.41, 5.74) is -0.108. The lowest BCUT2D eigenvalue weighted by molar-refractivity contribution is -0.137. The molecule has 0 bridgehead atoms. The molecule has 1 aliphatic rings. The zero-order chi connectivity index (χ0) is 16.3. The lowest BCUT2D eigenvalue weighted by Crippen LogP contribution is -2.52. The van der Waals surface area contributed by atoms with Crippen LogP contribution in [0.2, 0.25) is 0 Å². The standard InChI is InChI=1S/C15H20F3N3O/c1-11(2)19-14(22)21-8-6-20(7-9-21)13-5-3-4-12(10-13)15(16,17)18/h3-5,10-11H,6-9H2,1-2H3,(H,19,22). The van der Waals surface area contributed by atoms with Crippen LogP contribution >= 0.6 is 0 Å². The van der Waals surface area contributed by atoms with E-state index in [2.05, 4.69) is 5.32 Å². The van der Waals surface area contributed by atoms with Crippen LogP contribution in [-0.4, -0.2) is 43.2 Å². The molecule has 1 aromatic carbocycles. The van der Waals surface area contributed by atoms with Crippen molar-refractivity contribution < 1.29 is 18.0 Å². The number of amides is 2. The Morgan fingerprint density at radius 2 is 1.82 bits per heavy atom. The summed E-state index contributed by atoms with van der Waals surface area (Å²) in [4.78, 5) is 15.4. The fourth-order valence-corrected chi connectivity index (χ4v) is 2.38. The molecule has 0 atom stereocenters. The molecular formula is C15H20F3N3O. The molecule has 122 valence electrons. The fraction of sp³-hybridized carbons (Fsp3) is 0.533. The number of hydrogen-bond acceptors (Lipinski definition) is 2. The number of urea groups is 1. The molecule has 1 N–H and O–H groups in total. The monoisotopic (exact) mass is 315 g/mol.